The van der Waals surface area contributed by atoms with Crippen LogP contribution in [-0.4, -0.2) is 25.9 Å². The van der Waals surface area contributed by atoms with Crippen LogP contribution in [0.3, 0.4) is 0 Å². The molecule has 0 spiro atoms. The molecule has 1 aromatic heterocycles. The monoisotopic (exact) mass is 497 g/mol. The second-order valence-corrected chi connectivity index (χ2v) is 8.93. The molecule has 0 saturated carbocycles. The molecule has 35 heavy (non-hydrogen) atoms. The Labute approximate surface area is 204 Å². The van der Waals surface area contributed by atoms with Crippen LogP contribution in [0.4, 0.5) is 24.5 Å². The van der Waals surface area contributed by atoms with E-state index in [0.717, 1.165) is 17.8 Å². The van der Waals surface area contributed by atoms with Crippen molar-refractivity contribution in [1.82, 2.24) is 14.8 Å². The van der Waals surface area contributed by atoms with Gasteiger partial charge in [0.25, 0.3) is 0 Å². The third kappa shape index (κ3) is 6.21. The SMILES string of the molecule is C[C@@H](Sc1nnc(CNc2cccc(C(F)(F)F)c2)n1-c1ccccc1)C(=O)Nc1ccccc1. The highest BCUT2D eigenvalue weighted by atomic mass is 32.2. The van der Waals surface area contributed by atoms with Crippen molar-refractivity contribution >= 4 is 29.0 Å². The first-order chi connectivity index (χ1) is 16.8. The van der Waals surface area contributed by atoms with Crippen LogP contribution in [0, 0.1) is 0 Å². The normalized spacial score (nSPS) is 12.2. The second kappa shape index (κ2) is 10.6. The van der Waals surface area contributed by atoms with Crippen molar-refractivity contribution in [2.45, 2.75) is 30.1 Å². The number of carbonyl (C=O) groups is 1. The molecular formula is C25H22F3N5OS. The van der Waals surface area contributed by atoms with Crippen LogP contribution in [0.1, 0.15) is 18.3 Å². The minimum Gasteiger partial charge on any atom is -0.378 e. The third-order valence-electron chi connectivity index (χ3n) is 5.05. The van der Waals surface area contributed by atoms with Gasteiger partial charge < -0.3 is 10.6 Å². The van der Waals surface area contributed by atoms with Gasteiger partial charge in [-0.2, -0.15) is 13.2 Å². The molecule has 10 heteroatoms. The molecule has 0 fully saturated rings. The Balaban J connectivity index is 1.54. The van der Waals surface area contributed by atoms with Crippen molar-refractivity contribution in [2.24, 2.45) is 0 Å². The first-order valence-electron chi connectivity index (χ1n) is 10.7. The Kier molecular flexibility index (Phi) is 7.40. The molecule has 4 aromatic rings. The number of nitrogens with zero attached hydrogens (tertiary/aromatic N) is 3. The van der Waals surface area contributed by atoms with Crippen LogP contribution < -0.4 is 10.6 Å². The summed E-state index contributed by atoms with van der Waals surface area (Å²) >= 11 is 1.24. The summed E-state index contributed by atoms with van der Waals surface area (Å²) in [5.74, 6) is 0.305. The summed E-state index contributed by atoms with van der Waals surface area (Å²) in [6.45, 7) is 1.90. The lowest BCUT2D eigenvalue weighted by Gasteiger charge is -2.15. The molecule has 3 aromatic carbocycles. The highest BCUT2D eigenvalue weighted by molar-refractivity contribution is 8.00. The van der Waals surface area contributed by atoms with Crippen molar-refractivity contribution in [3.63, 3.8) is 0 Å². The fraction of sp³-hybridized carbons (Fsp3) is 0.160. The predicted molar refractivity (Wildman–Crippen MR) is 131 cm³/mol. The van der Waals surface area contributed by atoms with E-state index in [1.165, 1.54) is 17.8 Å². The summed E-state index contributed by atoms with van der Waals surface area (Å²) in [5, 5.41) is 14.4. The van der Waals surface area contributed by atoms with Gasteiger partial charge in [0, 0.05) is 17.1 Å². The molecule has 4 rings (SSSR count). The number of thioether (sulfide) groups is 1. The van der Waals surface area contributed by atoms with Gasteiger partial charge in [0.15, 0.2) is 11.0 Å². The Morgan fingerprint density at radius 3 is 2.29 bits per heavy atom. The fourth-order valence-electron chi connectivity index (χ4n) is 3.29. The summed E-state index contributed by atoms with van der Waals surface area (Å²) in [6.07, 6.45) is -4.43. The van der Waals surface area contributed by atoms with E-state index < -0.39 is 17.0 Å². The largest absolute Gasteiger partial charge is 0.416 e. The zero-order chi connectivity index (χ0) is 24.8. The van der Waals surface area contributed by atoms with E-state index in [9.17, 15) is 18.0 Å². The molecule has 0 radical (unpaired) electrons. The number of hydrogen-bond acceptors (Lipinski definition) is 5. The maximum atomic E-state index is 13.1. The van der Waals surface area contributed by atoms with Gasteiger partial charge in [-0.05, 0) is 49.4 Å². The Bertz CT molecular complexity index is 1280. The Morgan fingerprint density at radius 2 is 1.60 bits per heavy atom. The Hall–Kier alpha value is -3.79. The molecule has 6 nitrogen and oxygen atoms in total. The second-order valence-electron chi connectivity index (χ2n) is 7.62. The van der Waals surface area contributed by atoms with Gasteiger partial charge in [-0.25, -0.2) is 0 Å². The van der Waals surface area contributed by atoms with E-state index in [2.05, 4.69) is 20.8 Å². The third-order valence-corrected chi connectivity index (χ3v) is 6.09. The molecular weight excluding hydrogens is 475 g/mol. The van der Waals surface area contributed by atoms with Crippen LogP contribution in [-0.2, 0) is 17.5 Å². The van der Waals surface area contributed by atoms with E-state index in [1.807, 2.05) is 48.5 Å². The molecule has 180 valence electrons. The van der Waals surface area contributed by atoms with Gasteiger partial charge in [-0.3, -0.25) is 9.36 Å². The lowest BCUT2D eigenvalue weighted by Crippen LogP contribution is -2.23. The number of hydrogen-bond donors (Lipinski definition) is 2. The molecule has 0 unspecified atom stereocenters. The number of anilines is 2. The first kappa shape index (κ1) is 24.3. The summed E-state index contributed by atoms with van der Waals surface area (Å²) in [7, 11) is 0. The topological polar surface area (TPSA) is 71.8 Å². The van der Waals surface area contributed by atoms with Crippen LogP contribution in [0.15, 0.2) is 90.1 Å². The van der Waals surface area contributed by atoms with E-state index in [0.29, 0.717) is 22.4 Å². The first-order valence-corrected chi connectivity index (χ1v) is 11.6. The smallest absolute Gasteiger partial charge is 0.378 e. The molecule has 1 heterocycles. The standard InChI is InChI=1S/C25H22F3N5OS/c1-17(23(34)30-19-10-4-2-5-11-19)35-24-32-31-22(33(24)21-13-6-3-7-14-21)16-29-20-12-8-9-18(15-20)25(26,27)28/h2-15,17,29H,16H2,1H3,(H,30,34)/t17-/m1/s1. The van der Waals surface area contributed by atoms with Gasteiger partial charge >= 0.3 is 6.18 Å². The number of carbonyl (C=O) groups excluding carboxylic acids is 1. The van der Waals surface area contributed by atoms with Crippen molar-refractivity contribution in [3.05, 3.63) is 96.3 Å². The van der Waals surface area contributed by atoms with Crippen molar-refractivity contribution in [2.75, 3.05) is 10.6 Å². The summed E-state index contributed by atoms with van der Waals surface area (Å²) in [6, 6.07) is 23.5. The van der Waals surface area contributed by atoms with E-state index in [-0.39, 0.29) is 12.5 Å². The molecule has 0 aliphatic carbocycles. The molecule has 0 saturated heterocycles. The Morgan fingerprint density at radius 1 is 0.943 bits per heavy atom. The van der Waals surface area contributed by atoms with Crippen LogP contribution in [0.2, 0.25) is 0 Å². The van der Waals surface area contributed by atoms with Crippen LogP contribution in [0.25, 0.3) is 5.69 Å². The van der Waals surface area contributed by atoms with Gasteiger partial charge in [0.05, 0.1) is 17.4 Å². The van der Waals surface area contributed by atoms with E-state index in [4.69, 9.17) is 0 Å². The lowest BCUT2D eigenvalue weighted by molar-refractivity contribution is -0.137. The number of halogens is 3. The predicted octanol–water partition coefficient (Wildman–Crippen LogP) is 6.02. The van der Waals surface area contributed by atoms with Gasteiger partial charge in [0.2, 0.25) is 5.91 Å². The molecule has 1 amide bonds. The summed E-state index contributed by atoms with van der Waals surface area (Å²) in [5.41, 5.74) is 1.05. The zero-order valence-corrected chi connectivity index (χ0v) is 19.5. The maximum absolute atomic E-state index is 13.1. The molecule has 1 atom stereocenters. The zero-order valence-electron chi connectivity index (χ0n) is 18.7. The maximum Gasteiger partial charge on any atom is 0.416 e. The molecule has 0 aliphatic heterocycles. The van der Waals surface area contributed by atoms with E-state index in [1.54, 1.807) is 29.7 Å². The fourth-order valence-corrected chi connectivity index (χ4v) is 4.18. The highest BCUT2D eigenvalue weighted by Gasteiger charge is 2.30. The van der Waals surface area contributed by atoms with Gasteiger partial charge in [-0.15, -0.1) is 10.2 Å². The van der Waals surface area contributed by atoms with Crippen LogP contribution >= 0.6 is 11.8 Å². The number of benzene rings is 3. The number of para-hydroxylation sites is 2. The highest BCUT2D eigenvalue weighted by Crippen LogP contribution is 2.31. The summed E-state index contributed by atoms with van der Waals surface area (Å²) in [4.78, 5) is 12.7. The minimum atomic E-state index is -4.43. The van der Waals surface area contributed by atoms with Crippen LogP contribution in [0.5, 0.6) is 0 Å². The number of amides is 1. The van der Waals surface area contributed by atoms with Gasteiger partial charge in [-0.1, -0.05) is 54.2 Å². The molecule has 2 N–H and O–H groups in total. The van der Waals surface area contributed by atoms with Crippen molar-refractivity contribution in [1.29, 1.82) is 0 Å². The van der Waals surface area contributed by atoms with Gasteiger partial charge in [0.1, 0.15) is 0 Å². The molecule has 0 aliphatic rings. The minimum absolute atomic E-state index is 0.133. The molecule has 0 bridgehead atoms. The van der Waals surface area contributed by atoms with Crippen molar-refractivity contribution in [3.8, 4) is 5.69 Å². The number of alkyl halides is 3. The lowest BCUT2D eigenvalue weighted by atomic mass is 10.2. The van der Waals surface area contributed by atoms with Crippen molar-refractivity contribution < 1.29 is 18.0 Å². The quantitative estimate of drug-likeness (QED) is 0.292. The van der Waals surface area contributed by atoms with E-state index >= 15 is 0 Å². The summed E-state index contributed by atoms with van der Waals surface area (Å²) < 4.78 is 41.0. The number of rotatable bonds is 8. The number of nitrogens with one attached hydrogen (secondary N) is 2. The average Bonchev–Trinajstić information content (AvgIpc) is 3.25. The average molecular weight is 498 g/mol. The number of aromatic nitrogens is 3.